The smallest absolute Gasteiger partial charge is 0.283 e. The number of thiazole rings is 1. The number of aromatic nitrogens is 1. The van der Waals surface area contributed by atoms with Crippen LogP contribution in [0, 0.1) is 5.21 Å². The van der Waals surface area contributed by atoms with Gasteiger partial charge in [-0.3, -0.25) is 24.9 Å². The Bertz CT molecular complexity index is 1620. The molecule has 3 amide bonds. The van der Waals surface area contributed by atoms with Gasteiger partial charge in [0.2, 0.25) is 0 Å². The third-order valence-electron chi connectivity index (χ3n) is 5.61. The average molecular weight is 581 g/mol. The maximum atomic E-state index is 13.0. The SMILES string of the molecule is O=C(Nc1nc(-c2ccc(N([O-])O)cc2)cs1)c1cccc(NC2=C(Cl)C(=O)N(c3ccc(Cl)cc3)C2=O)c1. The largest absolute Gasteiger partial charge is 0.733 e. The van der Waals surface area contributed by atoms with Crippen LogP contribution in [0.1, 0.15) is 10.4 Å². The number of hydrogen-bond donors (Lipinski definition) is 3. The molecule has 1 aliphatic rings. The molecule has 1 aliphatic heterocycles. The highest BCUT2D eigenvalue weighted by atomic mass is 35.5. The van der Waals surface area contributed by atoms with Crippen molar-refractivity contribution in [1.82, 2.24) is 4.98 Å². The van der Waals surface area contributed by atoms with E-state index in [1.54, 1.807) is 47.8 Å². The van der Waals surface area contributed by atoms with Crippen LogP contribution in [-0.4, -0.2) is 27.9 Å². The zero-order valence-electron chi connectivity index (χ0n) is 19.6. The highest BCUT2D eigenvalue weighted by Crippen LogP contribution is 2.31. The van der Waals surface area contributed by atoms with Crippen LogP contribution in [0.2, 0.25) is 5.02 Å². The van der Waals surface area contributed by atoms with Crippen LogP contribution in [0.3, 0.4) is 0 Å². The van der Waals surface area contributed by atoms with Crippen molar-refractivity contribution in [2.45, 2.75) is 0 Å². The van der Waals surface area contributed by atoms with Gasteiger partial charge in [-0.25, -0.2) is 9.88 Å². The second kappa shape index (κ2) is 10.8. The van der Waals surface area contributed by atoms with E-state index in [1.807, 2.05) is 0 Å². The fourth-order valence-electron chi connectivity index (χ4n) is 3.71. The molecule has 13 heteroatoms. The molecule has 2 heterocycles. The van der Waals surface area contributed by atoms with Gasteiger partial charge in [0.05, 0.1) is 17.1 Å². The lowest BCUT2D eigenvalue weighted by atomic mass is 10.1. The molecule has 0 spiro atoms. The predicted octanol–water partition coefficient (Wildman–Crippen LogP) is 5.84. The molecule has 1 aromatic heterocycles. The van der Waals surface area contributed by atoms with Gasteiger partial charge >= 0.3 is 0 Å². The Morgan fingerprint density at radius 2 is 1.72 bits per heavy atom. The topological polar surface area (TPSA) is 138 Å². The van der Waals surface area contributed by atoms with E-state index in [9.17, 15) is 19.6 Å². The summed E-state index contributed by atoms with van der Waals surface area (Å²) in [5.41, 5.74) is 2.17. The number of nitrogens with one attached hydrogen (secondary N) is 2. The molecule has 0 saturated carbocycles. The van der Waals surface area contributed by atoms with Crippen LogP contribution in [0.5, 0.6) is 0 Å². The van der Waals surface area contributed by atoms with Crippen molar-refractivity contribution in [1.29, 1.82) is 0 Å². The van der Waals surface area contributed by atoms with E-state index in [1.165, 1.54) is 41.7 Å². The average Bonchev–Trinajstić information content (AvgIpc) is 3.48. The Morgan fingerprint density at radius 1 is 1.00 bits per heavy atom. The van der Waals surface area contributed by atoms with Crippen molar-refractivity contribution in [3.8, 4) is 11.3 Å². The first-order valence-electron chi connectivity index (χ1n) is 11.2. The van der Waals surface area contributed by atoms with E-state index in [0.29, 0.717) is 32.8 Å². The van der Waals surface area contributed by atoms with Gasteiger partial charge < -0.3 is 15.8 Å². The third-order valence-corrected chi connectivity index (χ3v) is 6.98. The Morgan fingerprint density at radius 3 is 2.41 bits per heavy atom. The lowest BCUT2D eigenvalue weighted by Gasteiger charge is -2.21. The summed E-state index contributed by atoms with van der Waals surface area (Å²) in [7, 11) is 0. The molecule has 0 bridgehead atoms. The van der Waals surface area contributed by atoms with E-state index < -0.39 is 17.7 Å². The number of nitrogens with zero attached hydrogens (tertiary/aromatic N) is 3. The molecule has 10 nitrogen and oxygen atoms in total. The number of anilines is 4. The number of imide groups is 1. The number of halogens is 2. The summed E-state index contributed by atoms with van der Waals surface area (Å²) in [6.45, 7) is 0. The van der Waals surface area contributed by atoms with E-state index in [4.69, 9.17) is 28.4 Å². The van der Waals surface area contributed by atoms with E-state index in [2.05, 4.69) is 15.6 Å². The van der Waals surface area contributed by atoms with E-state index in [-0.39, 0.29) is 27.2 Å². The fraction of sp³-hybridized carbons (Fsp3) is 0. The summed E-state index contributed by atoms with van der Waals surface area (Å²) in [5, 5.41) is 27.5. The number of rotatable bonds is 7. The number of amides is 3. The van der Waals surface area contributed by atoms with Gasteiger partial charge in [0, 0.05) is 27.2 Å². The number of hydrogen-bond acceptors (Lipinski definition) is 9. The van der Waals surface area contributed by atoms with Crippen LogP contribution in [-0.2, 0) is 9.59 Å². The zero-order chi connectivity index (χ0) is 27.7. The van der Waals surface area contributed by atoms with Crippen molar-refractivity contribution >= 4 is 74.5 Å². The standard InChI is InChI=1S/C26H16Cl2N5O5S/c27-16-6-10-18(11-7-16)32-24(35)21(28)22(25(32)36)29-17-3-1-2-15(12-17)23(34)31-26-30-20(13-39-26)14-4-8-19(9-5-14)33(37)38/h1-13,29,37H,(H,30,31,34)/q-1. The van der Waals surface area contributed by atoms with Gasteiger partial charge in [-0.1, -0.05) is 41.4 Å². The molecule has 0 atom stereocenters. The molecule has 0 fully saturated rings. The molecule has 0 radical (unpaired) electrons. The molecule has 196 valence electrons. The lowest BCUT2D eigenvalue weighted by Crippen LogP contribution is -2.32. The van der Waals surface area contributed by atoms with Crippen molar-refractivity contribution in [2.75, 3.05) is 20.8 Å². The fourth-order valence-corrected chi connectivity index (χ4v) is 4.76. The van der Waals surface area contributed by atoms with Crippen LogP contribution >= 0.6 is 34.5 Å². The molecule has 3 aromatic carbocycles. The van der Waals surface area contributed by atoms with Gasteiger partial charge in [-0.15, -0.1) is 11.3 Å². The first-order chi connectivity index (χ1) is 18.7. The maximum absolute atomic E-state index is 13.0. The Hall–Kier alpha value is -4.26. The minimum absolute atomic E-state index is 0.0782. The molecular weight excluding hydrogens is 565 g/mol. The van der Waals surface area contributed by atoms with Crippen LogP contribution < -0.4 is 20.8 Å². The summed E-state index contributed by atoms with van der Waals surface area (Å²) in [5.74, 6) is -1.78. The van der Waals surface area contributed by atoms with Crippen LogP contribution in [0.4, 0.5) is 22.2 Å². The summed E-state index contributed by atoms with van der Waals surface area (Å²) in [4.78, 5) is 43.9. The van der Waals surface area contributed by atoms with E-state index >= 15 is 0 Å². The minimum Gasteiger partial charge on any atom is -0.733 e. The summed E-state index contributed by atoms with van der Waals surface area (Å²) in [6.07, 6.45) is 0. The Labute approximate surface area is 235 Å². The van der Waals surface area contributed by atoms with Crippen LogP contribution in [0.15, 0.2) is 88.9 Å². The molecule has 0 saturated heterocycles. The predicted molar refractivity (Wildman–Crippen MR) is 150 cm³/mol. The lowest BCUT2D eigenvalue weighted by molar-refractivity contribution is -0.120. The monoisotopic (exact) mass is 580 g/mol. The van der Waals surface area contributed by atoms with Gasteiger partial charge in [-0.05, 0) is 54.6 Å². The minimum atomic E-state index is -0.684. The maximum Gasteiger partial charge on any atom is 0.283 e. The summed E-state index contributed by atoms with van der Waals surface area (Å²) in [6, 6.07) is 18.6. The first-order valence-corrected chi connectivity index (χ1v) is 12.8. The first kappa shape index (κ1) is 26.4. The highest BCUT2D eigenvalue weighted by Gasteiger charge is 2.39. The number of benzene rings is 3. The Balaban J connectivity index is 1.29. The third kappa shape index (κ3) is 5.48. The van der Waals surface area contributed by atoms with Crippen molar-refractivity contribution in [3.63, 3.8) is 0 Å². The van der Waals surface area contributed by atoms with Crippen molar-refractivity contribution in [2.24, 2.45) is 0 Å². The molecule has 4 aromatic rings. The summed E-state index contributed by atoms with van der Waals surface area (Å²) >= 11 is 13.3. The molecule has 39 heavy (non-hydrogen) atoms. The second-order valence-corrected chi connectivity index (χ2v) is 9.80. The van der Waals surface area contributed by atoms with Gasteiger partial charge in [-0.2, -0.15) is 0 Å². The normalized spacial score (nSPS) is 13.2. The van der Waals surface area contributed by atoms with Gasteiger partial charge in [0.25, 0.3) is 17.7 Å². The molecule has 0 aliphatic carbocycles. The molecule has 3 N–H and O–H groups in total. The van der Waals surface area contributed by atoms with Crippen molar-refractivity contribution in [3.05, 3.63) is 105 Å². The second-order valence-electron chi connectivity index (χ2n) is 8.13. The molecule has 0 unspecified atom stereocenters. The zero-order valence-corrected chi connectivity index (χ0v) is 21.9. The molecule has 5 rings (SSSR count). The number of carbonyl (C=O) groups excluding carboxylic acids is 3. The van der Waals surface area contributed by atoms with Gasteiger partial charge in [0.1, 0.15) is 10.7 Å². The molecular formula is C26H16Cl2N5O5S-. The highest BCUT2D eigenvalue weighted by molar-refractivity contribution is 7.14. The Kier molecular flexibility index (Phi) is 7.33. The van der Waals surface area contributed by atoms with Gasteiger partial charge in [0.15, 0.2) is 5.13 Å². The number of carbonyl (C=O) groups is 3. The quantitative estimate of drug-likeness (QED) is 0.183. The van der Waals surface area contributed by atoms with E-state index in [0.717, 1.165) is 4.90 Å². The van der Waals surface area contributed by atoms with Crippen molar-refractivity contribution < 1.29 is 19.6 Å². The van der Waals surface area contributed by atoms with Crippen LogP contribution in [0.25, 0.3) is 11.3 Å². The summed E-state index contributed by atoms with van der Waals surface area (Å²) < 4.78 is 0.